The fourth-order valence-corrected chi connectivity index (χ4v) is 6.61. The van der Waals surface area contributed by atoms with Crippen LogP contribution in [0.4, 0.5) is 0 Å². The van der Waals surface area contributed by atoms with Crippen molar-refractivity contribution in [1.29, 1.82) is 0 Å². The van der Waals surface area contributed by atoms with Crippen LogP contribution in [0.15, 0.2) is 11.6 Å². The van der Waals surface area contributed by atoms with Crippen molar-refractivity contribution in [2.45, 2.75) is 86.0 Å². The molecule has 130 valence electrons. The molecule has 0 saturated heterocycles. The predicted molar refractivity (Wildman–Crippen MR) is 97.2 cm³/mol. The molecule has 6 unspecified atom stereocenters. The molecular formula is C22H36O. The van der Waals surface area contributed by atoms with Crippen LogP contribution < -0.4 is 0 Å². The third kappa shape index (κ3) is 2.45. The summed E-state index contributed by atoms with van der Waals surface area (Å²) >= 11 is 0. The number of carbonyl (C=O) groups excluding carboxylic acids is 1. The van der Waals surface area contributed by atoms with Crippen LogP contribution in [-0.2, 0) is 4.79 Å². The first-order valence-corrected chi connectivity index (χ1v) is 10.2. The van der Waals surface area contributed by atoms with Gasteiger partial charge in [-0.3, -0.25) is 4.79 Å². The molecule has 0 aromatic heterocycles. The van der Waals surface area contributed by atoms with Crippen molar-refractivity contribution in [2.24, 2.45) is 34.5 Å². The zero-order valence-electron chi connectivity index (χ0n) is 16.0. The first-order valence-electron chi connectivity index (χ1n) is 10.2. The number of allylic oxidation sites excluding steroid dienone is 2. The average molecular weight is 317 g/mol. The molecule has 3 saturated carbocycles. The minimum absolute atomic E-state index is 0.0326. The van der Waals surface area contributed by atoms with Crippen molar-refractivity contribution >= 4 is 5.78 Å². The van der Waals surface area contributed by atoms with Gasteiger partial charge in [0.15, 0.2) is 0 Å². The van der Waals surface area contributed by atoms with Gasteiger partial charge >= 0.3 is 0 Å². The zero-order valence-corrected chi connectivity index (χ0v) is 16.0. The molecule has 0 aromatic carbocycles. The predicted octanol–water partition coefficient (Wildman–Crippen LogP) is 6.18. The highest BCUT2D eigenvalue weighted by molar-refractivity contribution is 5.87. The SMILES string of the molecule is CC.CC1CCC2(C)C(=CCC3C4CCC(=O)C4(C)CCC32)C1. The summed E-state index contributed by atoms with van der Waals surface area (Å²) in [6.45, 7) is 11.3. The van der Waals surface area contributed by atoms with Gasteiger partial charge in [-0.15, -0.1) is 0 Å². The van der Waals surface area contributed by atoms with Crippen LogP contribution in [0.5, 0.6) is 0 Å². The Hall–Kier alpha value is -0.590. The van der Waals surface area contributed by atoms with Crippen LogP contribution in [0.1, 0.15) is 86.0 Å². The van der Waals surface area contributed by atoms with E-state index in [-0.39, 0.29) is 5.41 Å². The Morgan fingerprint density at radius 3 is 2.39 bits per heavy atom. The minimum atomic E-state index is 0.0326. The summed E-state index contributed by atoms with van der Waals surface area (Å²) in [7, 11) is 0. The van der Waals surface area contributed by atoms with Gasteiger partial charge in [0.05, 0.1) is 0 Å². The Labute approximate surface area is 143 Å². The maximum Gasteiger partial charge on any atom is 0.139 e. The molecule has 4 aliphatic rings. The molecule has 3 fully saturated rings. The van der Waals surface area contributed by atoms with Gasteiger partial charge in [0.25, 0.3) is 0 Å². The molecule has 0 N–H and O–H groups in total. The third-order valence-corrected chi connectivity index (χ3v) is 8.06. The van der Waals surface area contributed by atoms with Gasteiger partial charge < -0.3 is 0 Å². The lowest BCUT2D eigenvalue weighted by Gasteiger charge is -2.57. The van der Waals surface area contributed by atoms with Gasteiger partial charge in [-0.25, -0.2) is 0 Å². The topological polar surface area (TPSA) is 17.1 Å². The summed E-state index contributed by atoms with van der Waals surface area (Å²) in [5.74, 6) is 3.77. The minimum Gasteiger partial charge on any atom is -0.299 e. The van der Waals surface area contributed by atoms with E-state index in [1.807, 2.05) is 13.8 Å². The fraction of sp³-hybridized carbons (Fsp3) is 0.864. The first-order chi connectivity index (χ1) is 10.9. The second-order valence-corrected chi connectivity index (χ2v) is 9.03. The van der Waals surface area contributed by atoms with Gasteiger partial charge in [-0.1, -0.05) is 46.3 Å². The number of ketones is 1. The molecule has 23 heavy (non-hydrogen) atoms. The number of hydrogen-bond acceptors (Lipinski definition) is 1. The Bertz CT molecular complexity index is 504. The number of rotatable bonds is 0. The molecule has 0 aliphatic heterocycles. The standard InChI is InChI=1S/C20H30O.C2H6/c1-13-8-10-19(2)14(12-13)4-5-15-16-6-7-18(21)20(16,3)11-9-17(15)19;1-2/h4,13,15-17H,5-12H2,1-3H3;1-2H3. The Balaban J connectivity index is 0.000000753. The molecular weight excluding hydrogens is 280 g/mol. The van der Waals surface area contributed by atoms with Crippen LogP contribution in [0.2, 0.25) is 0 Å². The van der Waals surface area contributed by atoms with Gasteiger partial charge in [-0.05, 0) is 74.0 Å². The lowest BCUT2D eigenvalue weighted by atomic mass is 9.47. The molecule has 0 aromatic rings. The lowest BCUT2D eigenvalue weighted by Crippen LogP contribution is -2.50. The van der Waals surface area contributed by atoms with Crippen molar-refractivity contribution in [3.05, 3.63) is 11.6 Å². The van der Waals surface area contributed by atoms with Crippen molar-refractivity contribution in [2.75, 3.05) is 0 Å². The highest BCUT2D eigenvalue weighted by Gasteiger charge is 2.58. The zero-order chi connectivity index (χ0) is 16.8. The van der Waals surface area contributed by atoms with E-state index in [0.29, 0.717) is 17.1 Å². The molecule has 0 amide bonds. The molecule has 4 rings (SSSR count). The number of hydrogen-bond donors (Lipinski definition) is 0. The van der Waals surface area contributed by atoms with E-state index < -0.39 is 0 Å². The monoisotopic (exact) mass is 316 g/mol. The van der Waals surface area contributed by atoms with E-state index in [1.165, 1.54) is 38.5 Å². The summed E-state index contributed by atoms with van der Waals surface area (Å²) < 4.78 is 0. The Kier molecular flexibility index (Phi) is 4.53. The van der Waals surface area contributed by atoms with E-state index in [9.17, 15) is 4.79 Å². The highest BCUT2D eigenvalue weighted by Crippen LogP contribution is 2.64. The van der Waals surface area contributed by atoms with E-state index in [4.69, 9.17) is 0 Å². The molecule has 1 heteroatoms. The van der Waals surface area contributed by atoms with Gasteiger partial charge in [0.2, 0.25) is 0 Å². The van der Waals surface area contributed by atoms with Gasteiger partial charge in [0.1, 0.15) is 5.78 Å². The van der Waals surface area contributed by atoms with Crippen molar-refractivity contribution in [1.82, 2.24) is 0 Å². The summed E-state index contributed by atoms with van der Waals surface area (Å²) in [6, 6.07) is 0. The van der Waals surface area contributed by atoms with E-state index in [1.54, 1.807) is 5.57 Å². The smallest absolute Gasteiger partial charge is 0.139 e. The lowest BCUT2D eigenvalue weighted by molar-refractivity contribution is -0.131. The van der Waals surface area contributed by atoms with Crippen LogP contribution in [0.3, 0.4) is 0 Å². The second-order valence-electron chi connectivity index (χ2n) is 9.03. The molecule has 0 bridgehead atoms. The Morgan fingerprint density at radius 1 is 1.00 bits per heavy atom. The fourth-order valence-electron chi connectivity index (χ4n) is 6.61. The molecule has 0 radical (unpaired) electrons. The molecule has 4 aliphatic carbocycles. The quantitative estimate of drug-likeness (QED) is 0.488. The number of Topliss-reactive ketones (excluding diaryl/α,β-unsaturated/α-hetero) is 1. The number of carbonyl (C=O) groups is 1. The van der Waals surface area contributed by atoms with Crippen LogP contribution >= 0.6 is 0 Å². The van der Waals surface area contributed by atoms with Crippen LogP contribution in [0.25, 0.3) is 0 Å². The largest absolute Gasteiger partial charge is 0.299 e. The summed E-state index contributed by atoms with van der Waals surface area (Å²) in [6.07, 6.45) is 12.5. The molecule has 6 atom stereocenters. The summed E-state index contributed by atoms with van der Waals surface area (Å²) in [5.41, 5.74) is 2.27. The van der Waals surface area contributed by atoms with Gasteiger partial charge in [0, 0.05) is 11.8 Å². The maximum atomic E-state index is 12.4. The second kappa shape index (κ2) is 6.05. The molecule has 0 spiro atoms. The summed E-state index contributed by atoms with van der Waals surface area (Å²) in [5, 5.41) is 0. The van der Waals surface area contributed by atoms with E-state index >= 15 is 0 Å². The van der Waals surface area contributed by atoms with Crippen molar-refractivity contribution < 1.29 is 4.79 Å². The number of fused-ring (bicyclic) bond motifs is 5. The molecule has 0 heterocycles. The van der Waals surface area contributed by atoms with Crippen LogP contribution in [-0.4, -0.2) is 5.78 Å². The van der Waals surface area contributed by atoms with E-state index in [2.05, 4.69) is 26.8 Å². The third-order valence-electron chi connectivity index (χ3n) is 8.06. The van der Waals surface area contributed by atoms with E-state index in [0.717, 1.165) is 30.6 Å². The van der Waals surface area contributed by atoms with Crippen molar-refractivity contribution in [3.8, 4) is 0 Å². The Morgan fingerprint density at radius 2 is 1.65 bits per heavy atom. The highest BCUT2D eigenvalue weighted by atomic mass is 16.1. The average Bonchev–Trinajstić information content (AvgIpc) is 2.86. The normalized spacial score (nSPS) is 48.4. The maximum absolute atomic E-state index is 12.4. The van der Waals surface area contributed by atoms with Crippen molar-refractivity contribution in [3.63, 3.8) is 0 Å². The molecule has 1 nitrogen and oxygen atoms in total. The van der Waals surface area contributed by atoms with Crippen LogP contribution in [0, 0.1) is 34.5 Å². The first kappa shape index (κ1) is 17.2. The summed E-state index contributed by atoms with van der Waals surface area (Å²) in [4.78, 5) is 12.4. The van der Waals surface area contributed by atoms with Gasteiger partial charge in [-0.2, -0.15) is 0 Å².